The van der Waals surface area contributed by atoms with E-state index >= 15 is 0 Å². The van der Waals surface area contributed by atoms with Crippen molar-refractivity contribution in [3.8, 4) is 108 Å². The molecule has 608 valence electrons. The van der Waals surface area contributed by atoms with E-state index < -0.39 is 0 Å². The molecule has 0 aliphatic heterocycles. The number of thiophene rings is 1. The van der Waals surface area contributed by atoms with Gasteiger partial charge in [0.15, 0.2) is 40.8 Å². The van der Waals surface area contributed by atoms with E-state index in [0.29, 0.717) is 40.8 Å². The first-order valence-electron chi connectivity index (χ1n) is 43.3. The molecule has 0 atom stereocenters. The Labute approximate surface area is 747 Å². The zero-order valence-electron chi connectivity index (χ0n) is 69.6. The van der Waals surface area contributed by atoms with Crippen LogP contribution in [0, 0.1) is 0 Å². The average Bonchev–Trinajstić information content (AvgIpc) is 1.57. The zero-order valence-corrected chi connectivity index (χ0v) is 70.5. The van der Waals surface area contributed by atoms with Crippen LogP contribution in [0.4, 0.5) is 0 Å². The number of furan rings is 2. The van der Waals surface area contributed by atoms with E-state index in [-0.39, 0.29) is 0 Å². The Morgan fingerprint density at radius 3 is 0.954 bits per heavy atom. The number of nitrogens with zero attached hydrogens (tertiary/aromatic N) is 11. The van der Waals surface area contributed by atoms with Crippen LogP contribution in [0.15, 0.2) is 440 Å². The molecule has 0 amide bonds. The molecule has 27 aromatic rings. The third-order valence-electron chi connectivity index (χ3n) is 24.7. The van der Waals surface area contributed by atoms with Gasteiger partial charge < -0.3 is 22.5 Å². The van der Waals surface area contributed by atoms with Crippen molar-refractivity contribution in [2.75, 3.05) is 0 Å². The topological polar surface area (TPSA) is 144 Å². The summed E-state index contributed by atoms with van der Waals surface area (Å²) in [6.45, 7) is 0. The lowest BCUT2D eigenvalue weighted by molar-refractivity contribution is 0.669. The van der Waals surface area contributed by atoms with Gasteiger partial charge in [0.1, 0.15) is 22.3 Å². The Morgan fingerprint density at radius 2 is 0.500 bits per heavy atom. The molecule has 18 aromatic carbocycles. The minimum Gasteiger partial charge on any atom is -0.456 e. The number of benzene rings is 18. The molecule has 0 aliphatic carbocycles. The standard InChI is InChI=1S/C39H24N4O.C39H24N4S.C38H23N3O/c1-3-11-25(12-4-1)37-40-38(26-13-5-2-6-14-26)42-39(41-37)27-19-21-28(22-20-27)43-33-17-9-7-15-29(33)31-24-36-32(23-34(31)43)30-16-8-10-18-35(30)44-36;1-3-12-25(13-4-1)37-40-38(26-14-5-2-6-15-26)42-39(41-37)27-16-11-17-28(22-27)43-33-20-9-7-18-29(33)31-24-36-32(23-34(31)43)30-19-8-10-21-35(30)44-36;1-2-11-24(12-3-1)37-29-17-4-7-18-32(29)39-38(40-37)25-13-10-14-26(21-25)41-33-19-8-5-15-27(33)30-23-36-31(22-34(30)41)28-16-6-9-20-35(28)42-36/h2*1-24H;1-23H. The van der Waals surface area contributed by atoms with Gasteiger partial charge in [-0.05, 0) is 127 Å². The highest BCUT2D eigenvalue weighted by Crippen LogP contribution is 2.45. The highest BCUT2D eigenvalue weighted by Gasteiger charge is 2.24. The van der Waals surface area contributed by atoms with Gasteiger partial charge in [-0.25, -0.2) is 39.9 Å². The van der Waals surface area contributed by atoms with E-state index in [0.717, 1.165) is 155 Å². The molecular weight excluding hydrogens is 1610 g/mol. The molecule has 0 spiro atoms. The summed E-state index contributed by atoms with van der Waals surface area (Å²) in [7, 11) is 0. The molecule has 0 bridgehead atoms. The van der Waals surface area contributed by atoms with Gasteiger partial charge >= 0.3 is 0 Å². The van der Waals surface area contributed by atoms with Crippen LogP contribution in [0.2, 0.25) is 0 Å². The largest absolute Gasteiger partial charge is 0.456 e. The van der Waals surface area contributed by atoms with Crippen LogP contribution in [-0.4, -0.2) is 53.6 Å². The lowest BCUT2D eigenvalue weighted by atomic mass is 10.1. The van der Waals surface area contributed by atoms with Gasteiger partial charge in [0.05, 0.1) is 44.3 Å². The van der Waals surface area contributed by atoms with Crippen molar-refractivity contribution in [3.63, 3.8) is 0 Å². The van der Waals surface area contributed by atoms with Crippen molar-refractivity contribution in [1.29, 1.82) is 0 Å². The van der Waals surface area contributed by atoms with Gasteiger partial charge in [-0.15, -0.1) is 11.3 Å². The van der Waals surface area contributed by atoms with Crippen LogP contribution in [-0.2, 0) is 0 Å². The van der Waals surface area contributed by atoms with Gasteiger partial charge in [0.2, 0.25) is 0 Å². The Kier molecular flexibility index (Phi) is 18.1. The summed E-state index contributed by atoms with van der Waals surface area (Å²) in [6, 6.07) is 149. The van der Waals surface area contributed by atoms with Crippen molar-refractivity contribution >= 4 is 152 Å². The normalized spacial score (nSPS) is 11.7. The predicted octanol–water partition coefficient (Wildman–Crippen LogP) is 30.2. The molecule has 0 saturated heterocycles. The molecule has 130 heavy (non-hydrogen) atoms. The van der Waals surface area contributed by atoms with Gasteiger partial charge in [0.25, 0.3) is 0 Å². The lowest BCUT2D eigenvalue weighted by Crippen LogP contribution is -2.01. The van der Waals surface area contributed by atoms with Crippen LogP contribution in [0.3, 0.4) is 0 Å². The maximum absolute atomic E-state index is 6.26. The summed E-state index contributed by atoms with van der Waals surface area (Å²) < 4.78 is 22.2. The molecule has 0 radical (unpaired) electrons. The number of rotatable bonds is 11. The third kappa shape index (κ3) is 13.2. The van der Waals surface area contributed by atoms with Crippen LogP contribution in [0.1, 0.15) is 0 Å². The molecule has 0 aliphatic rings. The van der Waals surface area contributed by atoms with E-state index in [1.165, 1.54) is 52.8 Å². The lowest BCUT2D eigenvalue weighted by Gasteiger charge is -2.12. The molecule has 13 nitrogen and oxygen atoms in total. The van der Waals surface area contributed by atoms with Crippen molar-refractivity contribution in [2.24, 2.45) is 0 Å². The minimum absolute atomic E-state index is 0.637. The third-order valence-corrected chi connectivity index (χ3v) is 25.8. The second-order valence-corrected chi connectivity index (χ2v) is 33.5. The second kappa shape index (κ2) is 31.3. The Bertz CT molecular complexity index is 9010. The fourth-order valence-corrected chi connectivity index (χ4v) is 19.7. The molecule has 27 rings (SSSR count). The first kappa shape index (κ1) is 75.1. The number of hydrogen-bond donors (Lipinski definition) is 0. The van der Waals surface area contributed by atoms with Crippen molar-refractivity contribution in [1.82, 2.24) is 53.6 Å². The summed E-state index contributed by atoms with van der Waals surface area (Å²) >= 11 is 1.86. The Hall–Kier alpha value is -17.5. The Morgan fingerprint density at radius 1 is 0.169 bits per heavy atom. The summed E-state index contributed by atoms with van der Waals surface area (Å²) in [6.07, 6.45) is 0. The van der Waals surface area contributed by atoms with Crippen LogP contribution < -0.4 is 0 Å². The van der Waals surface area contributed by atoms with E-state index in [1.807, 2.05) is 175 Å². The van der Waals surface area contributed by atoms with Crippen LogP contribution in [0.5, 0.6) is 0 Å². The van der Waals surface area contributed by atoms with Crippen LogP contribution >= 0.6 is 11.3 Å². The summed E-state index contributed by atoms with van der Waals surface area (Å²) in [5.41, 5.74) is 23.3. The van der Waals surface area contributed by atoms with E-state index in [2.05, 4.69) is 281 Å². The second-order valence-electron chi connectivity index (χ2n) is 32.5. The minimum atomic E-state index is 0.637. The summed E-state index contributed by atoms with van der Waals surface area (Å²) in [4.78, 5) is 39.6. The molecule has 0 unspecified atom stereocenters. The monoisotopic (exact) mass is 1680 g/mol. The van der Waals surface area contributed by atoms with Crippen LogP contribution in [0.25, 0.3) is 248 Å². The highest BCUT2D eigenvalue weighted by molar-refractivity contribution is 7.25. The fourth-order valence-electron chi connectivity index (χ4n) is 18.6. The van der Waals surface area contributed by atoms with E-state index in [1.54, 1.807) is 0 Å². The highest BCUT2D eigenvalue weighted by atomic mass is 32.1. The Balaban J connectivity index is 0.000000105. The van der Waals surface area contributed by atoms with Gasteiger partial charge in [-0.3, -0.25) is 0 Å². The molecule has 0 N–H and O–H groups in total. The van der Waals surface area contributed by atoms with Gasteiger partial charge in [-0.1, -0.05) is 303 Å². The van der Waals surface area contributed by atoms with Crippen molar-refractivity contribution in [3.05, 3.63) is 431 Å². The number of hydrogen-bond acceptors (Lipinski definition) is 11. The molecule has 9 heterocycles. The molecule has 0 fully saturated rings. The number of aromatic nitrogens is 11. The molecule has 14 heteroatoms. The van der Waals surface area contributed by atoms with E-state index in [9.17, 15) is 0 Å². The quantitative estimate of drug-likeness (QED) is 0.123. The number of para-hydroxylation sites is 6. The molecular formula is C116H71N11O2S. The maximum atomic E-state index is 6.26. The summed E-state index contributed by atoms with van der Waals surface area (Å²) in [5, 5.41) is 15.3. The first-order chi connectivity index (χ1) is 64.4. The zero-order chi connectivity index (χ0) is 85.7. The number of fused-ring (bicyclic) bond motifs is 19. The fraction of sp³-hybridized carbons (Fsp3) is 0. The first-order valence-corrected chi connectivity index (χ1v) is 44.2. The summed E-state index contributed by atoms with van der Waals surface area (Å²) in [5.74, 6) is 4.60. The maximum Gasteiger partial charge on any atom is 0.164 e. The van der Waals surface area contributed by atoms with Gasteiger partial charge in [-0.2, -0.15) is 0 Å². The molecule has 0 saturated carbocycles. The van der Waals surface area contributed by atoms with Gasteiger partial charge in [0, 0.05) is 141 Å². The van der Waals surface area contributed by atoms with E-state index in [4.69, 9.17) is 48.7 Å². The smallest absolute Gasteiger partial charge is 0.164 e. The predicted molar refractivity (Wildman–Crippen MR) is 533 cm³/mol. The average molecular weight is 1680 g/mol. The van der Waals surface area contributed by atoms with Crippen molar-refractivity contribution in [2.45, 2.75) is 0 Å². The SMILES string of the molecule is c1ccc(-c2nc(-c3cccc(-n4c5ccccc5c5cc6oc7ccccc7c6cc54)c3)nc3ccccc23)cc1.c1ccc(-c2nc(-c3ccccc3)nc(-c3ccc(-n4c5ccccc5c5cc6oc7ccccc7c6cc54)cc3)n2)cc1.c1ccc(-c2nc(-c3ccccc3)nc(-c3cccc(-n4c5ccccc5c5cc6sc7ccccc7c6cc54)c3)n2)cc1. The van der Waals surface area contributed by atoms with Crippen molar-refractivity contribution < 1.29 is 8.83 Å². The molecule has 9 aromatic heterocycles.